The minimum atomic E-state index is -4.36. The molecule has 1 atom stereocenters. The lowest BCUT2D eigenvalue weighted by Crippen LogP contribution is -2.67. The van der Waals surface area contributed by atoms with E-state index in [9.17, 15) is 22.8 Å². The van der Waals surface area contributed by atoms with Gasteiger partial charge in [-0.05, 0) is 38.5 Å². The number of ether oxygens (including phenoxy) is 2. The van der Waals surface area contributed by atoms with E-state index in [0.717, 1.165) is 17.7 Å². The number of methoxy groups -OCH3 is 1. The number of carbonyl (C=O) groups is 2. The van der Waals surface area contributed by atoms with Gasteiger partial charge in [-0.2, -0.15) is 13.2 Å². The molecule has 1 fully saturated rings. The lowest BCUT2D eigenvalue weighted by Gasteiger charge is -2.43. The number of benzene rings is 1. The largest absolute Gasteiger partial charge is 0.467 e. The van der Waals surface area contributed by atoms with E-state index in [0.29, 0.717) is 32.7 Å². The molecule has 174 valence electrons. The predicted molar refractivity (Wildman–Crippen MR) is 108 cm³/mol. The first-order valence-electron chi connectivity index (χ1n) is 9.97. The van der Waals surface area contributed by atoms with E-state index in [1.807, 2.05) is 4.90 Å². The molecule has 1 aliphatic rings. The van der Waals surface area contributed by atoms with Gasteiger partial charge >= 0.3 is 18.1 Å². The van der Waals surface area contributed by atoms with Gasteiger partial charge in [0.2, 0.25) is 0 Å². The zero-order chi connectivity index (χ0) is 23.4. The van der Waals surface area contributed by atoms with Gasteiger partial charge in [0, 0.05) is 32.7 Å². The van der Waals surface area contributed by atoms with Crippen molar-refractivity contribution in [1.29, 1.82) is 0 Å². The van der Waals surface area contributed by atoms with Gasteiger partial charge in [-0.25, -0.2) is 4.79 Å². The van der Waals surface area contributed by atoms with Crippen LogP contribution in [0.2, 0.25) is 0 Å². The summed E-state index contributed by atoms with van der Waals surface area (Å²) >= 11 is 0. The Morgan fingerprint density at radius 3 is 2.03 bits per heavy atom. The van der Waals surface area contributed by atoms with Gasteiger partial charge < -0.3 is 15.2 Å². The highest BCUT2D eigenvalue weighted by Gasteiger charge is 2.45. The minimum Gasteiger partial charge on any atom is -0.467 e. The van der Waals surface area contributed by atoms with Gasteiger partial charge in [-0.3, -0.25) is 14.6 Å². The molecule has 0 radical (unpaired) electrons. The van der Waals surface area contributed by atoms with Gasteiger partial charge in [-0.1, -0.05) is 12.1 Å². The number of hydrogen-bond donors (Lipinski definition) is 1. The average Bonchev–Trinajstić information content (AvgIpc) is 2.66. The van der Waals surface area contributed by atoms with E-state index in [-0.39, 0.29) is 6.42 Å². The lowest BCUT2D eigenvalue weighted by molar-refractivity contribution is -0.169. The van der Waals surface area contributed by atoms with Crippen LogP contribution in [-0.4, -0.2) is 66.3 Å². The van der Waals surface area contributed by atoms with Crippen LogP contribution in [0.4, 0.5) is 13.2 Å². The highest BCUT2D eigenvalue weighted by molar-refractivity contribution is 5.86. The molecule has 0 saturated carbocycles. The summed E-state index contributed by atoms with van der Waals surface area (Å²) in [6, 6.07) is 5.04. The molecule has 31 heavy (non-hydrogen) atoms. The first-order chi connectivity index (χ1) is 14.2. The second-order valence-electron chi connectivity index (χ2n) is 8.64. The van der Waals surface area contributed by atoms with Crippen LogP contribution in [0.15, 0.2) is 24.3 Å². The van der Waals surface area contributed by atoms with E-state index < -0.39 is 34.9 Å². The highest BCUT2D eigenvalue weighted by Crippen LogP contribution is 2.29. The van der Waals surface area contributed by atoms with Crippen LogP contribution in [0.3, 0.4) is 0 Å². The van der Waals surface area contributed by atoms with Crippen molar-refractivity contribution in [1.82, 2.24) is 9.80 Å². The molecule has 1 aromatic rings. The number of nitrogens with zero attached hydrogens (tertiary/aromatic N) is 2. The molecule has 0 bridgehead atoms. The molecule has 1 saturated heterocycles. The number of alkyl halides is 3. The number of hydrogen-bond acceptors (Lipinski definition) is 7. The fourth-order valence-corrected chi connectivity index (χ4v) is 3.45. The predicted octanol–water partition coefficient (Wildman–Crippen LogP) is 2.38. The van der Waals surface area contributed by atoms with Crippen LogP contribution in [0, 0.1) is 0 Å². The molecule has 2 N–H and O–H groups in total. The maximum atomic E-state index is 12.7. The van der Waals surface area contributed by atoms with E-state index >= 15 is 0 Å². The Balaban J connectivity index is 2.00. The third-order valence-corrected chi connectivity index (χ3v) is 5.00. The Bertz CT molecular complexity index is 770. The van der Waals surface area contributed by atoms with Gasteiger partial charge in [0.15, 0.2) is 5.66 Å². The Labute approximate surface area is 180 Å². The Hall–Kier alpha value is -2.17. The second-order valence-corrected chi connectivity index (χ2v) is 8.64. The fraction of sp³-hybridized carbons (Fsp3) is 0.619. The van der Waals surface area contributed by atoms with Crippen LogP contribution in [0.1, 0.15) is 38.3 Å². The van der Waals surface area contributed by atoms with Crippen molar-refractivity contribution in [2.45, 2.75) is 51.2 Å². The average molecular weight is 445 g/mol. The number of nitrogens with two attached hydrogens (primary N) is 1. The third-order valence-electron chi connectivity index (χ3n) is 5.00. The van der Waals surface area contributed by atoms with E-state index in [1.165, 1.54) is 19.2 Å². The van der Waals surface area contributed by atoms with E-state index in [2.05, 4.69) is 0 Å². The third kappa shape index (κ3) is 6.91. The summed E-state index contributed by atoms with van der Waals surface area (Å²) < 4.78 is 48.3. The number of piperazine rings is 1. The number of carbonyl (C=O) groups excluding carboxylic acids is 2. The van der Waals surface area contributed by atoms with Crippen LogP contribution in [-0.2, 0) is 31.8 Å². The molecule has 0 aliphatic carbocycles. The minimum absolute atomic E-state index is 0.351. The van der Waals surface area contributed by atoms with Gasteiger partial charge in [0.05, 0.1) is 19.1 Å². The van der Waals surface area contributed by atoms with Crippen LogP contribution in [0.5, 0.6) is 0 Å². The second kappa shape index (κ2) is 9.54. The van der Waals surface area contributed by atoms with E-state index in [4.69, 9.17) is 15.2 Å². The zero-order valence-corrected chi connectivity index (χ0v) is 18.3. The van der Waals surface area contributed by atoms with Crippen molar-refractivity contribution in [3.63, 3.8) is 0 Å². The van der Waals surface area contributed by atoms with Crippen molar-refractivity contribution in [3.8, 4) is 0 Å². The van der Waals surface area contributed by atoms with Crippen molar-refractivity contribution in [2.75, 3.05) is 33.3 Å². The first-order valence-corrected chi connectivity index (χ1v) is 9.97. The zero-order valence-electron chi connectivity index (χ0n) is 18.3. The summed E-state index contributed by atoms with van der Waals surface area (Å²) in [6.07, 6.45) is -4.72. The van der Waals surface area contributed by atoms with Crippen molar-refractivity contribution < 1.29 is 32.2 Å². The summed E-state index contributed by atoms with van der Waals surface area (Å²) in [5.74, 6) is -1.33. The first kappa shape index (κ1) is 25.1. The monoisotopic (exact) mass is 445 g/mol. The smallest absolute Gasteiger partial charge is 0.416 e. The van der Waals surface area contributed by atoms with Gasteiger partial charge in [0.25, 0.3) is 0 Å². The van der Waals surface area contributed by atoms with Gasteiger partial charge in [0.1, 0.15) is 5.60 Å². The number of esters is 2. The molecule has 0 unspecified atom stereocenters. The fourth-order valence-electron chi connectivity index (χ4n) is 3.45. The summed E-state index contributed by atoms with van der Waals surface area (Å²) in [6.45, 7) is 7.44. The molecule has 0 aromatic heterocycles. The maximum Gasteiger partial charge on any atom is 0.416 e. The molecular formula is C21H30F3N3O4. The van der Waals surface area contributed by atoms with Gasteiger partial charge in [-0.15, -0.1) is 0 Å². The van der Waals surface area contributed by atoms with Crippen molar-refractivity contribution >= 4 is 11.9 Å². The molecule has 0 spiro atoms. The molecule has 2 rings (SSSR count). The molecule has 1 heterocycles. The summed E-state index contributed by atoms with van der Waals surface area (Å²) in [5.41, 5.74) is 4.02. The summed E-state index contributed by atoms with van der Waals surface area (Å²) in [4.78, 5) is 28.5. The topological polar surface area (TPSA) is 85.1 Å². The Kier molecular flexibility index (Phi) is 7.72. The summed E-state index contributed by atoms with van der Waals surface area (Å²) in [7, 11) is 1.21. The van der Waals surface area contributed by atoms with Crippen LogP contribution < -0.4 is 5.73 Å². The SMILES string of the molecule is COC(=O)[C@](N)(CC(=O)OC(C)(C)C)N1CCN(Cc2ccc(C(F)(F)F)cc2)CC1. The van der Waals surface area contributed by atoms with Crippen molar-refractivity contribution in [3.05, 3.63) is 35.4 Å². The Morgan fingerprint density at radius 2 is 1.58 bits per heavy atom. The molecule has 1 aromatic carbocycles. The maximum absolute atomic E-state index is 12.7. The molecule has 0 amide bonds. The lowest BCUT2D eigenvalue weighted by atomic mass is 10.0. The molecule has 10 heteroatoms. The molecular weight excluding hydrogens is 415 g/mol. The standard InChI is InChI=1S/C21H30F3N3O4/c1-19(2,3)31-17(28)13-20(25,18(29)30-4)27-11-9-26(10-12-27)14-15-5-7-16(8-6-15)21(22,23)24/h5-8H,9-14,25H2,1-4H3/t20-/m0/s1. The molecule has 7 nitrogen and oxygen atoms in total. The normalized spacial score (nSPS) is 18.3. The highest BCUT2D eigenvalue weighted by atomic mass is 19.4. The van der Waals surface area contributed by atoms with Crippen molar-refractivity contribution in [2.24, 2.45) is 5.73 Å². The van der Waals surface area contributed by atoms with Crippen LogP contribution in [0.25, 0.3) is 0 Å². The number of rotatable bonds is 6. The quantitative estimate of drug-likeness (QED) is 0.673. The number of halogens is 3. The van der Waals surface area contributed by atoms with Crippen LogP contribution >= 0.6 is 0 Å². The summed E-state index contributed by atoms with van der Waals surface area (Å²) in [5, 5.41) is 0. The molecule has 1 aliphatic heterocycles. The Morgan fingerprint density at radius 1 is 1.03 bits per heavy atom. The van der Waals surface area contributed by atoms with E-state index in [1.54, 1.807) is 25.7 Å².